The van der Waals surface area contributed by atoms with Gasteiger partial charge < -0.3 is 19.5 Å². The van der Waals surface area contributed by atoms with Gasteiger partial charge in [-0.05, 0) is 19.4 Å². The first-order valence-electron chi connectivity index (χ1n) is 7.81. The molecule has 1 aromatic carbocycles. The maximum atomic E-state index is 6.38. The molecular formula is C17H27NO3. The Kier molecular flexibility index (Phi) is 4.99. The van der Waals surface area contributed by atoms with E-state index in [1.165, 1.54) is 0 Å². The summed E-state index contributed by atoms with van der Waals surface area (Å²) in [7, 11) is 3.36. The zero-order valence-corrected chi connectivity index (χ0v) is 13.8. The van der Waals surface area contributed by atoms with E-state index < -0.39 is 0 Å². The van der Waals surface area contributed by atoms with E-state index in [2.05, 4.69) is 26.1 Å². The van der Waals surface area contributed by atoms with Crippen molar-refractivity contribution in [1.82, 2.24) is 5.32 Å². The summed E-state index contributed by atoms with van der Waals surface area (Å²) < 4.78 is 17.3. The highest BCUT2D eigenvalue weighted by atomic mass is 16.5. The number of nitrogens with one attached hydrogen (secondary N) is 1. The van der Waals surface area contributed by atoms with Crippen LogP contribution in [0.2, 0.25) is 0 Å². The second kappa shape index (κ2) is 6.56. The monoisotopic (exact) mass is 293 g/mol. The third-order valence-electron chi connectivity index (χ3n) is 4.52. The van der Waals surface area contributed by atoms with Crippen molar-refractivity contribution in [3.8, 4) is 17.2 Å². The van der Waals surface area contributed by atoms with Crippen LogP contribution in [0.3, 0.4) is 0 Å². The van der Waals surface area contributed by atoms with Crippen LogP contribution in [0.1, 0.15) is 51.6 Å². The van der Waals surface area contributed by atoms with Crippen molar-refractivity contribution in [2.24, 2.45) is 0 Å². The topological polar surface area (TPSA) is 39.7 Å². The SMILES string of the molecule is CCNC1CC(CC)(CC)Oc2cc(OC)cc(OC)c21. The van der Waals surface area contributed by atoms with E-state index in [0.29, 0.717) is 0 Å². The van der Waals surface area contributed by atoms with E-state index in [-0.39, 0.29) is 11.6 Å². The standard InChI is InChI=1S/C17H27NO3/c1-6-17(7-2)11-13(18-8-3)16-14(20-5)9-12(19-4)10-15(16)21-17/h9-10,13,18H,6-8,11H2,1-5H3. The summed E-state index contributed by atoms with van der Waals surface area (Å²) in [5.74, 6) is 2.48. The Hall–Kier alpha value is -1.42. The van der Waals surface area contributed by atoms with Crippen molar-refractivity contribution in [1.29, 1.82) is 0 Å². The maximum absolute atomic E-state index is 6.38. The predicted molar refractivity (Wildman–Crippen MR) is 84.5 cm³/mol. The molecule has 0 radical (unpaired) electrons. The number of hydrogen-bond acceptors (Lipinski definition) is 4. The lowest BCUT2D eigenvalue weighted by molar-refractivity contribution is 0.0219. The molecular weight excluding hydrogens is 266 g/mol. The molecule has 1 N–H and O–H groups in total. The van der Waals surface area contributed by atoms with Crippen LogP contribution in [-0.2, 0) is 0 Å². The predicted octanol–water partition coefficient (Wildman–Crippen LogP) is 3.70. The van der Waals surface area contributed by atoms with Gasteiger partial charge in [0.15, 0.2) is 0 Å². The van der Waals surface area contributed by atoms with E-state index in [4.69, 9.17) is 14.2 Å². The molecule has 1 aromatic rings. The zero-order chi connectivity index (χ0) is 15.5. The molecule has 2 rings (SSSR count). The second-order valence-corrected chi connectivity index (χ2v) is 5.55. The van der Waals surface area contributed by atoms with E-state index in [0.717, 1.165) is 48.6 Å². The first-order valence-corrected chi connectivity index (χ1v) is 7.81. The van der Waals surface area contributed by atoms with Crippen molar-refractivity contribution in [2.45, 2.75) is 51.7 Å². The van der Waals surface area contributed by atoms with Gasteiger partial charge in [-0.15, -0.1) is 0 Å². The number of hydrogen-bond donors (Lipinski definition) is 1. The molecule has 0 saturated heterocycles. The van der Waals surface area contributed by atoms with Crippen molar-refractivity contribution >= 4 is 0 Å². The number of rotatable bonds is 6. The summed E-state index contributed by atoms with van der Waals surface area (Å²) in [5, 5.41) is 3.58. The van der Waals surface area contributed by atoms with Crippen LogP contribution in [0.25, 0.3) is 0 Å². The van der Waals surface area contributed by atoms with Crippen molar-refractivity contribution in [3.05, 3.63) is 17.7 Å². The number of benzene rings is 1. The smallest absolute Gasteiger partial charge is 0.132 e. The van der Waals surface area contributed by atoms with Gasteiger partial charge in [-0.1, -0.05) is 20.8 Å². The fraction of sp³-hybridized carbons (Fsp3) is 0.647. The van der Waals surface area contributed by atoms with E-state index in [1.807, 2.05) is 12.1 Å². The van der Waals surface area contributed by atoms with Gasteiger partial charge in [0.2, 0.25) is 0 Å². The van der Waals surface area contributed by atoms with Crippen LogP contribution in [0.15, 0.2) is 12.1 Å². The van der Waals surface area contributed by atoms with Gasteiger partial charge in [-0.25, -0.2) is 0 Å². The summed E-state index contributed by atoms with van der Waals surface area (Å²) >= 11 is 0. The molecule has 0 aliphatic carbocycles. The number of fused-ring (bicyclic) bond motifs is 1. The third kappa shape index (κ3) is 2.95. The number of ether oxygens (including phenoxy) is 3. The molecule has 0 amide bonds. The highest BCUT2D eigenvalue weighted by Crippen LogP contribution is 2.48. The van der Waals surface area contributed by atoms with Crippen LogP contribution >= 0.6 is 0 Å². The van der Waals surface area contributed by atoms with E-state index in [9.17, 15) is 0 Å². The molecule has 118 valence electrons. The van der Waals surface area contributed by atoms with Gasteiger partial charge in [-0.2, -0.15) is 0 Å². The Balaban J connectivity index is 2.53. The first kappa shape index (κ1) is 16.0. The quantitative estimate of drug-likeness (QED) is 0.868. The molecule has 1 heterocycles. The summed E-state index contributed by atoms with van der Waals surface area (Å²) in [6.45, 7) is 7.43. The lowest BCUT2D eigenvalue weighted by Gasteiger charge is -2.42. The number of methoxy groups -OCH3 is 2. The van der Waals surface area contributed by atoms with Crippen molar-refractivity contribution in [2.75, 3.05) is 20.8 Å². The Morgan fingerprint density at radius 3 is 2.43 bits per heavy atom. The summed E-state index contributed by atoms with van der Waals surface area (Å²) in [6.07, 6.45) is 2.94. The molecule has 1 aliphatic heterocycles. The molecule has 0 fully saturated rings. The van der Waals surface area contributed by atoms with Gasteiger partial charge in [0.1, 0.15) is 22.8 Å². The van der Waals surface area contributed by atoms with Crippen LogP contribution in [0, 0.1) is 0 Å². The van der Waals surface area contributed by atoms with Crippen LogP contribution in [-0.4, -0.2) is 26.4 Å². The molecule has 4 nitrogen and oxygen atoms in total. The van der Waals surface area contributed by atoms with Gasteiger partial charge in [0, 0.05) is 24.6 Å². The fourth-order valence-corrected chi connectivity index (χ4v) is 3.14. The van der Waals surface area contributed by atoms with Crippen molar-refractivity contribution in [3.63, 3.8) is 0 Å². The highest BCUT2D eigenvalue weighted by molar-refractivity contribution is 5.53. The molecule has 0 aromatic heterocycles. The first-order chi connectivity index (χ1) is 10.1. The minimum absolute atomic E-state index is 0.114. The minimum atomic E-state index is -0.114. The average Bonchev–Trinajstić information content (AvgIpc) is 2.53. The van der Waals surface area contributed by atoms with Gasteiger partial charge >= 0.3 is 0 Å². The molecule has 4 heteroatoms. The molecule has 1 aliphatic rings. The Labute approximate surface area is 127 Å². The maximum Gasteiger partial charge on any atom is 0.132 e. The molecule has 1 unspecified atom stereocenters. The Bertz CT molecular complexity index is 483. The lowest BCUT2D eigenvalue weighted by atomic mass is 9.83. The Morgan fingerprint density at radius 2 is 1.90 bits per heavy atom. The highest BCUT2D eigenvalue weighted by Gasteiger charge is 2.40. The molecule has 0 spiro atoms. The molecule has 21 heavy (non-hydrogen) atoms. The lowest BCUT2D eigenvalue weighted by Crippen LogP contribution is -2.43. The van der Waals surface area contributed by atoms with Crippen LogP contribution in [0.5, 0.6) is 17.2 Å². The second-order valence-electron chi connectivity index (χ2n) is 5.55. The zero-order valence-electron chi connectivity index (χ0n) is 13.8. The summed E-state index contributed by atoms with van der Waals surface area (Å²) in [5.41, 5.74) is 0.995. The molecule has 0 bridgehead atoms. The molecule has 1 atom stereocenters. The summed E-state index contributed by atoms with van der Waals surface area (Å²) in [4.78, 5) is 0. The largest absolute Gasteiger partial charge is 0.496 e. The van der Waals surface area contributed by atoms with E-state index in [1.54, 1.807) is 14.2 Å². The summed E-state index contributed by atoms with van der Waals surface area (Å²) in [6, 6.07) is 4.15. The van der Waals surface area contributed by atoms with Gasteiger partial charge in [-0.3, -0.25) is 0 Å². The minimum Gasteiger partial charge on any atom is -0.496 e. The molecule has 0 saturated carbocycles. The van der Waals surface area contributed by atoms with Gasteiger partial charge in [0.25, 0.3) is 0 Å². The average molecular weight is 293 g/mol. The fourth-order valence-electron chi connectivity index (χ4n) is 3.14. The Morgan fingerprint density at radius 1 is 1.19 bits per heavy atom. The van der Waals surface area contributed by atoms with Crippen LogP contribution < -0.4 is 19.5 Å². The van der Waals surface area contributed by atoms with Gasteiger partial charge in [0.05, 0.1) is 19.8 Å². The van der Waals surface area contributed by atoms with Crippen LogP contribution in [0.4, 0.5) is 0 Å². The van der Waals surface area contributed by atoms with Crippen molar-refractivity contribution < 1.29 is 14.2 Å². The van der Waals surface area contributed by atoms with E-state index >= 15 is 0 Å². The third-order valence-corrected chi connectivity index (χ3v) is 4.52. The normalized spacial score (nSPS) is 19.6.